The van der Waals surface area contributed by atoms with Gasteiger partial charge in [0.25, 0.3) is 11.5 Å². The summed E-state index contributed by atoms with van der Waals surface area (Å²) in [6.07, 6.45) is 0. The van der Waals surface area contributed by atoms with Crippen LogP contribution >= 0.6 is 11.3 Å². The van der Waals surface area contributed by atoms with E-state index in [0.29, 0.717) is 10.5 Å². The van der Waals surface area contributed by atoms with Crippen molar-refractivity contribution in [3.8, 4) is 0 Å². The van der Waals surface area contributed by atoms with Crippen molar-refractivity contribution in [1.82, 2.24) is 14.7 Å². The lowest BCUT2D eigenvalue weighted by Crippen LogP contribution is -2.24. The molecule has 4 rings (SSSR count). The molecule has 7 heteroatoms. The Labute approximate surface area is 145 Å². The quantitative estimate of drug-likeness (QED) is 0.616. The van der Waals surface area contributed by atoms with Crippen LogP contribution in [0.4, 0.5) is 4.39 Å². The minimum Gasteiger partial charge on any atom is -0.347 e. The Balaban J connectivity index is 1.64. The first-order valence-corrected chi connectivity index (χ1v) is 8.37. The van der Waals surface area contributed by atoms with Crippen molar-refractivity contribution in [2.45, 2.75) is 6.54 Å². The van der Waals surface area contributed by atoms with E-state index in [9.17, 15) is 14.0 Å². The topological polar surface area (TPSA) is 63.5 Å². The van der Waals surface area contributed by atoms with Gasteiger partial charge in [0.1, 0.15) is 10.7 Å². The highest BCUT2D eigenvalue weighted by Crippen LogP contribution is 2.19. The van der Waals surface area contributed by atoms with Gasteiger partial charge in [-0.2, -0.15) is 0 Å². The number of hydrogen-bond acceptors (Lipinski definition) is 4. The molecule has 0 aliphatic carbocycles. The summed E-state index contributed by atoms with van der Waals surface area (Å²) < 4.78 is 14.4. The van der Waals surface area contributed by atoms with Crippen molar-refractivity contribution < 1.29 is 9.18 Å². The van der Waals surface area contributed by atoms with Crippen molar-refractivity contribution in [3.63, 3.8) is 0 Å². The summed E-state index contributed by atoms with van der Waals surface area (Å²) in [5, 5.41) is 2.73. The fourth-order valence-electron chi connectivity index (χ4n) is 2.57. The summed E-state index contributed by atoms with van der Waals surface area (Å²) in [7, 11) is 0. The van der Waals surface area contributed by atoms with Crippen molar-refractivity contribution >= 4 is 33.2 Å². The minimum atomic E-state index is -0.360. The Morgan fingerprint density at radius 1 is 1.16 bits per heavy atom. The second-order valence-corrected chi connectivity index (χ2v) is 6.49. The molecule has 2 aromatic carbocycles. The van der Waals surface area contributed by atoms with Crippen molar-refractivity contribution in [1.29, 1.82) is 0 Å². The maximum absolute atomic E-state index is 12.9. The maximum atomic E-state index is 12.9. The van der Waals surface area contributed by atoms with E-state index in [-0.39, 0.29) is 28.7 Å². The van der Waals surface area contributed by atoms with Gasteiger partial charge in [0.05, 0.1) is 11.0 Å². The molecule has 5 nitrogen and oxygen atoms in total. The largest absolute Gasteiger partial charge is 0.347 e. The molecule has 4 aromatic rings. The smallest absolute Gasteiger partial charge is 0.261 e. The highest BCUT2D eigenvalue weighted by atomic mass is 32.1. The summed E-state index contributed by atoms with van der Waals surface area (Å²) in [5.41, 5.74) is 1.90. The van der Waals surface area contributed by atoms with E-state index in [1.807, 2.05) is 24.3 Å². The van der Waals surface area contributed by atoms with E-state index in [0.717, 1.165) is 22.4 Å². The molecule has 2 aromatic heterocycles. The Morgan fingerprint density at radius 3 is 2.72 bits per heavy atom. The number of carbonyl (C=O) groups excluding carboxylic acids is 1. The van der Waals surface area contributed by atoms with E-state index < -0.39 is 0 Å². The zero-order valence-corrected chi connectivity index (χ0v) is 13.7. The average Bonchev–Trinajstić information content (AvgIpc) is 2.99. The molecule has 2 heterocycles. The molecule has 0 unspecified atom stereocenters. The molecule has 1 amide bonds. The monoisotopic (exact) mass is 353 g/mol. The van der Waals surface area contributed by atoms with Gasteiger partial charge in [-0.25, -0.2) is 9.37 Å². The second-order valence-electron chi connectivity index (χ2n) is 5.48. The molecule has 0 bridgehead atoms. The number of aromatic nitrogens is 2. The van der Waals surface area contributed by atoms with Crippen LogP contribution in [-0.4, -0.2) is 15.3 Å². The van der Waals surface area contributed by atoms with Gasteiger partial charge in [-0.15, -0.1) is 0 Å². The molecule has 124 valence electrons. The second kappa shape index (κ2) is 6.10. The molecule has 0 fully saturated rings. The van der Waals surface area contributed by atoms with Gasteiger partial charge in [0, 0.05) is 12.6 Å². The molecule has 0 radical (unpaired) electrons. The highest BCUT2D eigenvalue weighted by molar-refractivity contribution is 7.18. The van der Waals surface area contributed by atoms with Crippen LogP contribution in [0.1, 0.15) is 15.2 Å². The lowest BCUT2D eigenvalue weighted by atomic mass is 10.2. The number of halogens is 1. The van der Waals surface area contributed by atoms with Gasteiger partial charge in [0.2, 0.25) is 0 Å². The molecule has 0 saturated heterocycles. The van der Waals surface area contributed by atoms with E-state index in [2.05, 4.69) is 10.3 Å². The average molecular weight is 353 g/mol. The van der Waals surface area contributed by atoms with Gasteiger partial charge in [-0.05, 0) is 29.8 Å². The molecular weight excluding hydrogens is 341 g/mol. The summed E-state index contributed by atoms with van der Waals surface area (Å²) in [5.74, 6) is -0.689. The van der Waals surface area contributed by atoms with Gasteiger partial charge in [-0.3, -0.25) is 14.0 Å². The first-order valence-electron chi connectivity index (χ1n) is 7.56. The summed E-state index contributed by atoms with van der Waals surface area (Å²) >= 11 is 1.15. The fraction of sp³-hybridized carbons (Fsp3) is 0.0556. The van der Waals surface area contributed by atoms with Crippen LogP contribution in [-0.2, 0) is 6.54 Å². The van der Waals surface area contributed by atoms with Gasteiger partial charge < -0.3 is 5.32 Å². The predicted molar refractivity (Wildman–Crippen MR) is 94.4 cm³/mol. The fourth-order valence-corrected chi connectivity index (χ4v) is 3.52. The molecule has 0 spiro atoms. The number of fused-ring (bicyclic) bond motifs is 3. The van der Waals surface area contributed by atoms with Crippen molar-refractivity contribution in [3.05, 3.63) is 81.2 Å². The molecule has 0 aliphatic heterocycles. The van der Waals surface area contributed by atoms with Crippen molar-refractivity contribution in [2.75, 3.05) is 0 Å². The maximum Gasteiger partial charge on any atom is 0.261 e. The van der Waals surface area contributed by atoms with E-state index in [1.165, 1.54) is 22.6 Å². The molecule has 0 aliphatic rings. The van der Waals surface area contributed by atoms with Crippen LogP contribution < -0.4 is 10.9 Å². The van der Waals surface area contributed by atoms with Crippen LogP contribution in [0.5, 0.6) is 0 Å². The molecular formula is C18H12FN3O2S. The Kier molecular flexibility index (Phi) is 3.77. The number of amides is 1. The minimum absolute atomic E-state index is 0.252. The number of imidazole rings is 1. The van der Waals surface area contributed by atoms with Crippen molar-refractivity contribution in [2.24, 2.45) is 0 Å². The molecule has 0 saturated carbocycles. The van der Waals surface area contributed by atoms with E-state index in [1.54, 1.807) is 12.1 Å². The number of carbonyl (C=O) groups is 1. The zero-order valence-electron chi connectivity index (χ0n) is 12.9. The first-order chi connectivity index (χ1) is 12.1. The number of nitrogens with zero attached hydrogens (tertiary/aromatic N) is 2. The Bertz CT molecular complexity index is 1150. The lowest BCUT2D eigenvalue weighted by molar-refractivity contribution is 0.0954. The summed E-state index contributed by atoms with van der Waals surface area (Å²) in [6, 6.07) is 14.5. The van der Waals surface area contributed by atoms with Crippen LogP contribution in [0.3, 0.4) is 0 Å². The van der Waals surface area contributed by atoms with Crippen LogP contribution in [0.2, 0.25) is 0 Å². The van der Waals surface area contributed by atoms with Gasteiger partial charge >= 0.3 is 0 Å². The standard InChI is InChI=1S/C18H12FN3O2S/c19-12-7-5-11(6-8-12)10-20-17(24)15-9-16(23)22-14-4-2-1-3-13(14)21-18(22)25-15/h1-9H,10H2,(H,20,24). The number of rotatable bonds is 3. The SMILES string of the molecule is O=C(NCc1ccc(F)cc1)c1cc(=O)n2c(nc3ccccc32)s1. The number of benzene rings is 2. The zero-order chi connectivity index (χ0) is 17.4. The third-order valence-corrected chi connectivity index (χ3v) is 4.78. The third kappa shape index (κ3) is 2.89. The first kappa shape index (κ1) is 15.5. The molecule has 1 N–H and O–H groups in total. The normalized spacial score (nSPS) is 11.1. The molecule has 0 atom stereocenters. The number of hydrogen-bond donors (Lipinski definition) is 1. The Hall–Kier alpha value is -3.06. The predicted octanol–water partition coefficient (Wildman–Crippen LogP) is 2.98. The molecule has 25 heavy (non-hydrogen) atoms. The lowest BCUT2D eigenvalue weighted by Gasteiger charge is -2.05. The number of para-hydroxylation sites is 2. The van der Waals surface area contributed by atoms with Crippen LogP contribution in [0, 0.1) is 5.82 Å². The van der Waals surface area contributed by atoms with E-state index in [4.69, 9.17) is 0 Å². The Morgan fingerprint density at radius 2 is 1.92 bits per heavy atom. The number of nitrogens with one attached hydrogen (secondary N) is 1. The van der Waals surface area contributed by atoms with Crippen LogP contribution in [0.25, 0.3) is 16.0 Å². The summed E-state index contributed by atoms with van der Waals surface area (Å²) in [6.45, 7) is 0.252. The van der Waals surface area contributed by atoms with Gasteiger partial charge in [0.15, 0.2) is 4.96 Å². The van der Waals surface area contributed by atoms with Gasteiger partial charge in [-0.1, -0.05) is 35.6 Å². The summed E-state index contributed by atoms with van der Waals surface area (Å²) in [4.78, 5) is 29.9. The van der Waals surface area contributed by atoms with E-state index >= 15 is 0 Å². The van der Waals surface area contributed by atoms with Crippen LogP contribution in [0.15, 0.2) is 59.4 Å². The highest BCUT2D eigenvalue weighted by Gasteiger charge is 2.13. The third-order valence-electron chi connectivity index (χ3n) is 3.80.